The molecule has 1 saturated heterocycles. The van der Waals surface area contributed by atoms with Crippen molar-refractivity contribution >= 4 is 15.9 Å². The van der Waals surface area contributed by atoms with Crippen molar-refractivity contribution < 1.29 is 9.13 Å². The van der Waals surface area contributed by atoms with E-state index in [9.17, 15) is 4.39 Å². The summed E-state index contributed by atoms with van der Waals surface area (Å²) in [5.41, 5.74) is 0.786. The number of pyridine rings is 1. The number of ether oxygens (including phenoxy) is 1. The highest BCUT2D eigenvalue weighted by atomic mass is 79.9. The van der Waals surface area contributed by atoms with Gasteiger partial charge in [-0.1, -0.05) is 22.0 Å². The highest BCUT2D eigenvalue weighted by molar-refractivity contribution is 9.09. The average molecular weight is 260 g/mol. The fourth-order valence-corrected chi connectivity index (χ4v) is 2.28. The molecule has 2 nitrogen and oxygen atoms in total. The van der Waals surface area contributed by atoms with E-state index in [0.717, 1.165) is 18.7 Å². The van der Waals surface area contributed by atoms with Crippen molar-refractivity contribution in [3.05, 3.63) is 29.8 Å². The van der Waals surface area contributed by atoms with Gasteiger partial charge in [0.25, 0.3) is 0 Å². The molecule has 2 heterocycles. The summed E-state index contributed by atoms with van der Waals surface area (Å²) in [6.45, 7) is 1.37. The van der Waals surface area contributed by atoms with Crippen molar-refractivity contribution in [2.75, 3.05) is 13.2 Å². The Hall–Kier alpha value is -0.480. The van der Waals surface area contributed by atoms with E-state index < -0.39 is 5.95 Å². The molecule has 0 aromatic carbocycles. The maximum absolute atomic E-state index is 12.9. The van der Waals surface area contributed by atoms with Crippen LogP contribution in [0.2, 0.25) is 0 Å². The van der Waals surface area contributed by atoms with Crippen LogP contribution in [0.25, 0.3) is 0 Å². The van der Waals surface area contributed by atoms with Gasteiger partial charge in [-0.05, 0) is 18.6 Å². The molecule has 1 aliphatic heterocycles. The van der Waals surface area contributed by atoms with Crippen LogP contribution in [0.5, 0.6) is 0 Å². The summed E-state index contributed by atoms with van der Waals surface area (Å²) in [4.78, 5) is 4.22. The van der Waals surface area contributed by atoms with Crippen LogP contribution in [0.4, 0.5) is 4.39 Å². The third kappa shape index (κ3) is 2.30. The van der Waals surface area contributed by atoms with Crippen LogP contribution in [0.15, 0.2) is 18.2 Å². The third-order valence-electron chi connectivity index (χ3n) is 2.31. The van der Waals surface area contributed by atoms with Crippen molar-refractivity contribution in [3.63, 3.8) is 0 Å². The zero-order valence-electron chi connectivity index (χ0n) is 7.62. The summed E-state index contributed by atoms with van der Waals surface area (Å²) < 4.78 is 18.2. The fourth-order valence-electron chi connectivity index (χ4n) is 1.64. The van der Waals surface area contributed by atoms with E-state index in [0.29, 0.717) is 11.4 Å². The second kappa shape index (κ2) is 4.36. The summed E-state index contributed by atoms with van der Waals surface area (Å²) in [6.07, 6.45) is 0.955. The molecular weight excluding hydrogens is 249 g/mol. The summed E-state index contributed by atoms with van der Waals surface area (Å²) in [6, 6.07) is 4.90. The second-order valence-corrected chi connectivity index (χ2v) is 4.75. The van der Waals surface area contributed by atoms with Crippen molar-refractivity contribution in [2.24, 2.45) is 0 Å². The predicted molar refractivity (Wildman–Crippen MR) is 55.1 cm³/mol. The van der Waals surface area contributed by atoms with Gasteiger partial charge >= 0.3 is 0 Å². The second-order valence-electron chi connectivity index (χ2n) is 3.45. The van der Waals surface area contributed by atoms with E-state index >= 15 is 0 Å². The minimum Gasteiger partial charge on any atom is -0.380 e. The van der Waals surface area contributed by atoms with E-state index in [1.165, 1.54) is 6.07 Å². The van der Waals surface area contributed by atoms with E-state index in [4.69, 9.17) is 4.74 Å². The molecule has 1 aromatic heterocycles. The van der Waals surface area contributed by atoms with Gasteiger partial charge < -0.3 is 4.74 Å². The van der Waals surface area contributed by atoms with Crippen LogP contribution in [-0.2, 0) is 4.74 Å². The van der Waals surface area contributed by atoms with Gasteiger partial charge in [-0.15, -0.1) is 0 Å². The summed E-state index contributed by atoms with van der Waals surface area (Å²) in [5, 5.41) is 0. The lowest BCUT2D eigenvalue weighted by molar-refractivity contribution is 0.0851. The molecule has 1 fully saturated rings. The average Bonchev–Trinajstić information content (AvgIpc) is 2.18. The fraction of sp³-hybridized carbons (Fsp3) is 0.500. The Kier molecular flexibility index (Phi) is 3.13. The Labute approximate surface area is 90.6 Å². The van der Waals surface area contributed by atoms with E-state index in [-0.39, 0.29) is 5.92 Å². The van der Waals surface area contributed by atoms with E-state index in [1.54, 1.807) is 6.07 Å². The molecule has 0 amide bonds. The highest BCUT2D eigenvalue weighted by Gasteiger charge is 2.23. The SMILES string of the molecule is Fc1cccc(C2COCC(Br)C2)n1. The molecular formula is C10H11BrFNO. The predicted octanol–water partition coefficient (Wildman–Crippen LogP) is 2.49. The first-order valence-corrected chi connectivity index (χ1v) is 5.51. The first kappa shape index (κ1) is 10.1. The Morgan fingerprint density at radius 3 is 3.00 bits per heavy atom. The minimum atomic E-state index is -0.417. The first-order chi connectivity index (χ1) is 6.75. The lowest BCUT2D eigenvalue weighted by Crippen LogP contribution is -2.24. The molecule has 2 unspecified atom stereocenters. The monoisotopic (exact) mass is 259 g/mol. The molecule has 0 radical (unpaired) electrons. The maximum Gasteiger partial charge on any atom is 0.213 e. The quantitative estimate of drug-likeness (QED) is 0.571. The number of alkyl halides is 1. The number of halogens is 2. The van der Waals surface area contributed by atoms with Gasteiger partial charge in [0.05, 0.1) is 13.2 Å². The number of hydrogen-bond donors (Lipinski definition) is 0. The lowest BCUT2D eigenvalue weighted by Gasteiger charge is -2.25. The molecule has 14 heavy (non-hydrogen) atoms. The summed E-state index contributed by atoms with van der Waals surface area (Å²) in [5.74, 6) is -0.206. The van der Waals surface area contributed by atoms with Crippen molar-refractivity contribution in [2.45, 2.75) is 17.2 Å². The topological polar surface area (TPSA) is 22.1 Å². The van der Waals surface area contributed by atoms with Crippen LogP contribution < -0.4 is 0 Å². The Bertz CT molecular complexity index is 321. The number of aromatic nitrogens is 1. The van der Waals surface area contributed by atoms with Gasteiger partial charge in [-0.2, -0.15) is 4.39 Å². The standard InChI is InChI=1S/C10H11BrFNO/c11-8-4-7(5-14-6-8)9-2-1-3-10(12)13-9/h1-3,7-8H,4-6H2. The minimum absolute atomic E-state index is 0.212. The van der Waals surface area contributed by atoms with Gasteiger partial charge in [0, 0.05) is 16.4 Å². The lowest BCUT2D eigenvalue weighted by atomic mass is 9.98. The third-order valence-corrected chi connectivity index (χ3v) is 2.95. The van der Waals surface area contributed by atoms with Crippen LogP contribution in [0, 0.1) is 5.95 Å². The van der Waals surface area contributed by atoms with Gasteiger partial charge in [0.2, 0.25) is 5.95 Å². The number of hydrogen-bond acceptors (Lipinski definition) is 2. The number of nitrogens with zero attached hydrogens (tertiary/aromatic N) is 1. The van der Waals surface area contributed by atoms with Gasteiger partial charge in [-0.25, -0.2) is 4.98 Å². The Balaban J connectivity index is 2.14. The van der Waals surface area contributed by atoms with E-state index in [2.05, 4.69) is 20.9 Å². The Morgan fingerprint density at radius 1 is 1.43 bits per heavy atom. The molecule has 0 N–H and O–H groups in total. The molecule has 0 saturated carbocycles. The summed E-state index contributed by atoms with van der Waals surface area (Å²) >= 11 is 3.50. The summed E-state index contributed by atoms with van der Waals surface area (Å²) in [7, 11) is 0. The molecule has 4 heteroatoms. The normalized spacial score (nSPS) is 27.6. The number of rotatable bonds is 1. The first-order valence-electron chi connectivity index (χ1n) is 4.60. The molecule has 0 spiro atoms. The molecule has 0 bridgehead atoms. The molecule has 2 rings (SSSR count). The smallest absolute Gasteiger partial charge is 0.213 e. The molecule has 76 valence electrons. The molecule has 2 atom stereocenters. The van der Waals surface area contributed by atoms with Crippen molar-refractivity contribution in [3.8, 4) is 0 Å². The largest absolute Gasteiger partial charge is 0.380 e. The van der Waals surface area contributed by atoms with Crippen molar-refractivity contribution in [1.82, 2.24) is 4.98 Å². The zero-order chi connectivity index (χ0) is 9.97. The van der Waals surface area contributed by atoms with Crippen LogP contribution >= 0.6 is 15.9 Å². The van der Waals surface area contributed by atoms with Gasteiger partial charge in [0.1, 0.15) is 0 Å². The van der Waals surface area contributed by atoms with Gasteiger partial charge in [-0.3, -0.25) is 0 Å². The maximum atomic E-state index is 12.9. The van der Waals surface area contributed by atoms with Gasteiger partial charge in [0.15, 0.2) is 0 Å². The zero-order valence-corrected chi connectivity index (χ0v) is 9.21. The van der Waals surface area contributed by atoms with Crippen LogP contribution in [-0.4, -0.2) is 23.0 Å². The molecule has 1 aliphatic rings. The van der Waals surface area contributed by atoms with Crippen LogP contribution in [0.1, 0.15) is 18.0 Å². The molecule has 0 aliphatic carbocycles. The van der Waals surface area contributed by atoms with Crippen LogP contribution in [0.3, 0.4) is 0 Å². The Morgan fingerprint density at radius 2 is 2.29 bits per heavy atom. The molecule has 1 aromatic rings. The highest BCUT2D eigenvalue weighted by Crippen LogP contribution is 2.27. The van der Waals surface area contributed by atoms with E-state index in [1.807, 2.05) is 6.07 Å². The van der Waals surface area contributed by atoms with Crippen molar-refractivity contribution in [1.29, 1.82) is 0 Å².